The van der Waals surface area contributed by atoms with E-state index in [2.05, 4.69) is 26.0 Å². The van der Waals surface area contributed by atoms with E-state index in [9.17, 15) is 23.7 Å². The third-order valence-electron chi connectivity index (χ3n) is 7.12. The molecule has 1 aliphatic rings. The Morgan fingerprint density at radius 2 is 1.79 bits per heavy atom. The number of esters is 2. The van der Waals surface area contributed by atoms with Gasteiger partial charge in [0.2, 0.25) is 0 Å². The minimum Gasteiger partial charge on any atom is -0.462 e. The number of nitrogens with two attached hydrogens (primary N) is 1. The van der Waals surface area contributed by atoms with E-state index in [0.717, 1.165) is 22.2 Å². The molecule has 0 aliphatic carbocycles. The summed E-state index contributed by atoms with van der Waals surface area (Å²) in [6.45, 7) is 7.61. The van der Waals surface area contributed by atoms with Crippen molar-refractivity contribution in [1.82, 2.24) is 14.6 Å². The van der Waals surface area contributed by atoms with Crippen LogP contribution in [0.2, 0.25) is 0 Å². The largest absolute Gasteiger partial charge is 0.462 e. The summed E-state index contributed by atoms with van der Waals surface area (Å²) in [5, 5.41) is 4.02. The number of hydrogen-bond donors (Lipinski definition) is 3. The number of nitrogens with one attached hydrogen (secondary N) is 2. The van der Waals surface area contributed by atoms with Crippen LogP contribution in [0.25, 0.3) is 10.8 Å². The summed E-state index contributed by atoms with van der Waals surface area (Å²) < 4.78 is 42.5. The van der Waals surface area contributed by atoms with Crippen LogP contribution in [0.5, 0.6) is 5.75 Å². The molecule has 1 fully saturated rings. The molecular weight excluding hydrogens is 723 g/mol. The summed E-state index contributed by atoms with van der Waals surface area (Å²) in [7, 11) is -4.47. The molecule has 1 saturated heterocycles. The lowest BCUT2D eigenvalue weighted by molar-refractivity contribution is -0.155. The van der Waals surface area contributed by atoms with Crippen LogP contribution in [0, 0.1) is 5.92 Å². The molecule has 0 unspecified atom stereocenters. The Hall–Kier alpha value is -3.04. The standard InChI is InChI=1S/C30H37BrClN4O10P/c1-16(2)24(33)27(39)45-25-22(44-28(30(25,31)32)36-14-13-23(37)34-29(36)40)15-42-47(41,35-18(5)26(38)43-17(3)4)46-21-12-8-10-19-9-6-7-11-20(19)21/h6-14,16-18,22,24-25,28H,15,33H2,1-5H3,(H,35,41)(H,34,37,40)/t18-,22+,24-,25+,28+,30-,47-/m0/s1. The maximum atomic E-state index is 14.4. The third kappa shape index (κ3) is 8.71. The Labute approximate surface area is 283 Å². The lowest BCUT2D eigenvalue weighted by Gasteiger charge is -2.29. The highest BCUT2D eigenvalue weighted by molar-refractivity contribution is 9.10. The molecule has 2 aromatic carbocycles. The number of carbonyl (C=O) groups is 2. The highest BCUT2D eigenvalue weighted by Crippen LogP contribution is 2.52. The zero-order valence-corrected chi connectivity index (χ0v) is 29.5. The van der Waals surface area contributed by atoms with E-state index >= 15 is 0 Å². The minimum absolute atomic E-state index is 0.187. The van der Waals surface area contributed by atoms with Gasteiger partial charge in [-0.15, -0.1) is 0 Å². The second-order valence-electron chi connectivity index (χ2n) is 11.5. The predicted octanol–water partition coefficient (Wildman–Crippen LogP) is 3.95. The van der Waals surface area contributed by atoms with Crippen LogP contribution in [-0.4, -0.2) is 62.3 Å². The number of hydrogen-bond acceptors (Lipinski definition) is 11. The number of aromatic nitrogens is 2. The number of aromatic amines is 1. The fourth-order valence-corrected chi connectivity index (χ4v) is 7.21. The fraction of sp³-hybridized carbons (Fsp3) is 0.467. The van der Waals surface area contributed by atoms with Crippen LogP contribution in [-0.2, 0) is 32.9 Å². The molecule has 2 heterocycles. The number of nitrogens with zero attached hydrogens (tertiary/aromatic N) is 1. The van der Waals surface area contributed by atoms with Crippen molar-refractivity contribution in [3.63, 3.8) is 0 Å². The Morgan fingerprint density at radius 3 is 2.45 bits per heavy atom. The van der Waals surface area contributed by atoms with E-state index in [1.54, 1.807) is 52.0 Å². The van der Waals surface area contributed by atoms with Gasteiger partial charge < -0.3 is 24.5 Å². The molecule has 4 rings (SSSR count). The second kappa shape index (κ2) is 15.0. The van der Waals surface area contributed by atoms with Crippen molar-refractivity contribution in [3.05, 3.63) is 75.6 Å². The number of fused-ring (bicyclic) bond motifs is 1. The van der Waals surface area contributed by atoms with E-state index < -0.39 is 77.9 Å². The van der Waals surface area contributed by atoms with Crippen molar-refractivity contribution in [2.24, 2.45) is 11.7 Å². The van der Waals surface area contributed by atoms with Crippen molar-refractivity contribution in [1.29, 1.82) is 0 Å². The van der Waals surface area contributed by atoms with E-state index in [4.69, 9.17) is 40.6 Å². The molecule has 4 N–H and O–H groups in total. The molecule has 14 nitrogen and oxygen atoms in total. The highest BCUT2D eigenvalue weighted by Gasteiger charge is 2.59. The van der Waals surface area contributed by atoms with Crippen molar-refractivity contribution in [3.8, 4) is 5.75 Å². The first kappa shape index (κ1) is 36.8. The number of carbonyl (C=O) groups excluding carboxylic acids is 2. The Balaban J connectivity index is 1.69. The van der Waals surface area contributed by atoms with Crippen molar-refractivity contribution < 1.29 is 37.4 Å². The van der Waals surface area contributed by atoms with Crippen molar-refractivity contribution >= 4 is 58.0 Å². The van der Waals surface area contributed by atoms with Crippen LogP contribution < -0.4 is 26.6 Å². The van der Waals surface area contributed by atoms with E-state index in [1.807, 2.05) is 18.2 Å². The van der Waals surface area contributed by atoms with Crippen molar-refractivity contribution in [2.45, 2.75) is 75.0 Å². The lowest BCUT2D eigenvalue weighted by atomic mass is 10.1. The van der Waals surface area contributed by atoms with Gasteiger partial charge in [0.25, 0.3) is 5.56 Å². The molecule has 7 atom stereocenters. The van der Waals surface area contributed by atoms with E-state index in [1.165, 1.54) is 6.92 Å². The number of H-pyrrole nitrogens is 1. The van der Waals surface area contributed by atoms with Gasteiger partial charge in [-0.25, -0.2) is 9.36 Å². The maximum Gasteiger partial charge on any atom is 0.459 e. The molecule has 0 bridgehead atoms. The summed E-state index contributed by atoms with van der Waals surface area (Å²) in [6, 6.07) is 11.2. The smallest absolute Gasteiger partial charge is 0.459 e. The van der Waals surface area contributed by atoms with Gasteiger partial charge >= 0.3 is 25.4 Å². The van der Waals surface area contributed by atoms with Gasteiger partial charge in [0.15, 0.2) is 16.1 Å². The topological polar surface area (TPSA) is 190 Å². The number of benzene rings is 2. The molecule has 1 aliphatic heterocycles. The lowest BCUT2D eigenvalue weighted by Crippen LogP contribution is -2.47. The number of halogens is 2. The SMILES string of the molecule is CC(C)OC(=O)[C@H](C)N[P@](=O)(OC[C@H]1O[C@@H](n2ccc(=O)[nH]c2=O)[C@](Cl)(Br)[C@@H]1OC(=O)[C@@H](N)C(C)C)Oc1cccc2ccccc12. The summed E-state index contributed by atoms with van der Waals surface area (Å²) in [4.78, 5) is 52.3. The first-order valence-corrected chi connectivity index (χ1v) is 17.4. The monoisotopic (exact) mass is 758 g/mol. The van der Waals surface area contributed by atoms with E-state index in [0.29, 0.717) is 5.39 Å². The summed E-state index contributed by atoms with van der Waals surface area (Å²) in [6.07, 6.45) is -3.34. The van der Waals surface area contributed by atoms with Gasteiger partial charge in [-0.2, -0.15) is 5.09 Å². The summed E-state index contributed by atoms with van der Waals surface area (Å²) in [5.41, 5.74) is 4.51. The second-order valence-corrected chi connectivity index (χ2v) is 15.6. The Bertz CT molecular complexity index is 1760. The molecule has 0 spiro atoms. The Kier molecular flexibility index (Phi) is 11.8. The molecule has 3 aromatic rings. The highest BCUT2D eigenvalue weighted by atomic mass is 79.9. The molecule has 256 valence electrons. The number of rotatable bonds is 13. The van der Waals surface area contributed by atoms with E-state index in [-0.39, 0.29) is 11.7 Å². The summed E-state index contributed by atoms with van der Waals surface area (Å²) in [5.74, 6) is -1.65. The summed E-state index contributed by atoms with van der Waals surface area (Å²) >= 11 is 10.2. The van der Waals surface area contributed by atoms with Crippen LogP contribution in [0.1, 0.15) is 40.8 Å². The van der Waals surface area contributed by atoms with Gasteiger partial charge in [0.05, 0.1) is 12.7 Å². The van der Waals surface area contributed by atoms with Crippen molar-refractivity contribution in [2.75, 3.05) is 6.61 Å². The molecule has 0 amide bonds. The fourth-order valence-electron chi connectivity index (χ4n) is 4.63. The van der Waals surface area contributed by atoms with Gasteiger partial charge in [-0.05, 0) is 38.1 Å². The molecule has 0 saturated carbocycles. The average Bonchev–Trinajstić information content (AvgIpc) is 3.24. The minimum atomic E-state index is -4.47. The van der Waals surface area contributed by atoms with Crippen LogP contribution in [0.4, 0.5) is 0 Å². The Morgan fingerprint density at radius 1 is 1.11 bits per heavy atom. The molecule has 0 radical (unpaired) electrons. The van der Waals surface area contributed by atoms with Crippen LogP contribution >= 0.6 is 35.3 Å². The molecular formula is C30H37BrClN4O10P. The molecule has 17 heteroatoms. The predicted molar refractivity (Wildman–Crippen MR) is 177 cm³/mol. The first-order chi connectivity index (χ1) is 22.0. The van der Waals surface area contributed by atoms with Gasteiger partial charge in [-0.1, -0.05) is 77.8 Å². The van der Waals surface area contributed by atoms with Crippen LogP contribution in [0.15, 0.2) is 64.3 Å². The molecule has 1 aromatic heterocycles. The zero-order valence-electron chi connectivity index (χ0n) is 26.3. The normalized spacial score (nSPS) is 23.7. The molecule has 47 heavy (non-hydrogen) atoms. The average molecular weight is 760 g/mol. The number of alkyl halides is 2. The van der Waals surface area contributed by atoms with Gasteiger partial charge in [0.1, 0.15) is 23.9 Å². The van der Waals surface area contributed by atoms with Gasteiger partial charge in [0, 0.05) is 17.6 Å². The van der Waals surface area contributed by atoms with Gasteiger partial charge in [-0.3, -0.25) is 28.5 Å². The van der Waals surface area contributed by atoms with Crippen LogP contribution in [0.3, 0.4) is 0 Å². The maximum absolute atomic E-state index is 14.4. The number of ether oxygens (including phenoxy) is 3. The quantitative estimate of drug-likeness (QED) is 0.130. The first-order valence-electron chi connectivity index (χ1n) is 14.7. The zero-order chi connectivity index (χ0) is 34.7. The third-order valence-corrected chi connectivity index (χ3v) is 10.00.